The first-order chi connectivity index (χ1) is 6.31. The minimum Gasteiger partial charge on any atom is -0.477 e. The van der Waals surface area contributed by atoms with Gasteiger partial charge in [-0.25, -0.2) is 9.78 Å². The highest BCUT2D eigenvalue weighted by molar-refractivity contribution is 8.00. The van der Waals surface area contributed by atoms with Crippen LogP contribution in [0.15, 0.2) is 11.4 Å². The molecule has 14 heavy (non-hydrogen) atoms. The van der Waals surface area contributed by atoms with Crippen LogP contribution < -0.4 is 0 Å². The monoisotopic (exact) mass is 214 g/mol. The van der Waals surface area contributed by atoms with Gasteiger partial charge in [-0.2, -0.15) is 0 Å². The van der Waals surface area contributed by atoms with Gasteiger partial charge in [-0.3, -0.25) is 0 Å². The minimum absolute atomic E-state index is 0.0366. The van der Waals surface area contributed by atoms with Crippen LogP contribution in [0.5, 0.6) is 0 Å². The van der Waals surface area contributed by atoms with Crippen molar-refractivity contribution in [3.63, 3.8) is 0 Å². The third-order valence-electron chi connectivity index (χ3n) is 1.56. The van der Waals surface area contributed by atoms with Crippen molar-refractivity contribution in [2.24, 2.45) is 7.05 Å². The van der Waals surface area contributed by atoms with Crippen LogP contribution in [0.1, 0.15) is 31.3 Å². The molecule has 5 heteroatoms. The van der Waals surface area contributed by atoms with Gasteiger partial charge >= 0.3 is 5.97 Å². The van der Waals surface area contributed by atoms with Crippen LogP contribution in [-0.4, -0.2) is 25.4 Å². The van der Waals surface area contributed by atoms with E-state index in [0.717, 1.165) is 5.16 Å². The summed E-state index contributed by atoms with van der Waals surface area (Å²) in [6.45, 7) is 6.19. The molecule has 0 fully saturated rings. The lowest BCUT2D eigenvalue weighted by Gasteiger charge is -2.16. The van der Waals surface area contributed by atoms with Gasteiger partial charge in [-0.15, -0.1) is 0 Å². The van der Waals surface area contributed by atoms with Crippen molar-refractivity contribution in [3.05, 3.63) is 11.9 Å². The molecule has 0 aliphatic heterocycles. The van der Waals surface area contributed by atoms with Gasteiger partial charge in [0.05, 0.1) is 6.20 Å². The van der Waals surface area contributed by atoms with Gasteiger partial charge in [0, 0.05) is 11.8 Å². The molecule has 78 valence electrons. The van der Waals surface area contributed by atoms with Crippen molar-refractivity contribution in [1.29, 1.82) is 0 Å². The molecular formula is C9H14N2O2S. The summed E-state index contributed by atoms with van der Waals surface area (Å²) in [5, 5.41) is 9.54. The molecule has 0 saturated heterocycles. The third-order valence-corrected chi connectivity index (χ3v) is 2.74. The Morgan fingerprint density at radius 1 is 1.57 bits per heavy atom. The number of thioether (sulfide) groups is 1. The standard InChI is InChI=1S/C9H14N2O2S/c1-9(2,3)14-8-10-5-6(7(12)13)11(8)4/h5H,1-4H3,(H,12,13). The highest BCUT2D eigenvalue weighted by atomic mass is 32.2. The number of aromatic carboxylic acids is 1. The smallest absolute Gasteiger partial charge is 0.354 e. The third kappa shape index (κ3) is 2.51. The van der Waals surface area contributed by atoms with E-state index in [1.165, 1.54) is 6.20 Å². The average Bonchev–Trinajstić information content (AvgIpc) is 2.29. The van der Waals surface area contributed by atoms with Gasteiger partial charge in [0.1, 0.15) is 5.69 Å². The Morgan fingerprint density at radius 3 is 2.50 bits per heavy atom. The van der Waals surface area contributed by atoms with Gasteiger partial charge < -0.3 is 9.67 Å². The van der Waals surface area contributed by atoms with Crippen molar-refractivity contribution in [1.82, 2.24) is 9.55 Å². The number of imidazole rings is 1. The number of nitrogens with zero attached hydrogens (tertiary/aromatic N) is 2. The normalized spacial score (nSPS) is 11.7. The van der Waals surface area contributed by atoms with Crippen molar-refractivity contribution in [2.75, 3.05) is 0 Å². The number of hydrogen-bond acceptors (Lipinski definition) is 3. The second-order valence-corrected chi connectivity index (χ2v) is 5.80. The van der Waals surface area contributed by atoms with E-state index in [1.54, 1.807) is 23.4 Å². The Balaban J connectivity index is 2.96. The first kappa shape index (κ1) is 11.1. The predicted octanol–water partition coefficient (Wildman–Crippen LogP) is 2.01. The van der Waals surface area contributed by atoms with Crippen LogP contribution in [0.25, 0.3) is 0 Å². The fourth-order valence-electron chi connectivity index (χ4n) is 0.960. The lowest BCUT2D eigenvalue weighted by atomic mass is 10.3. The average molecular weight is 214 g/mol. The van der Waals surface area contributed by atoms with Crippen LogP contribution in [0.3, 0.4) is 0 Å². The number of hydrogen-bond donors (Lipinski definition) is 1. The Morgan fingerprint density at radius 2 is 2.14 bits per heavy atom. The number of rotatable bonds is 2. The summed E-state index contributed by atoms with van der Waals surface area (Å²) in [5.41, 5.74) is 0.219. The molecule has 0 aliphatic carbocycles. The maximum Gasteiger partial charge on any atom is 0.354 e. The molecule has 1 rings (SSSR count). The molecule has 0 radical (unpaired) electrons. The minimum atomic E-state index is -0.944. The maximum absolute atomic E-state index is 10.7. The number of carboxylic acid groups (broad SMARTS) is 1. The lowest BCUT2D eigenvalue weighted by Crippen LogP contribution is -2.10. The molecular weight excluding hydrogens is 200 g/mol. The second-order valence-electron chi connectivity index (χ2n) is 4.00. The summed E-state index contributed by atoms with van der Waals surface area (Å²) in [6, 6.07) is 0. The molecule has 0 aromatic carbocycles. The van der Waals surface area contributed by atoms with Gasteiger partial charge in [0.15, 0.2) is 5.16 Å². The molecule has 1 aromatic heterocycles. The number of carbonyl (C=O) groups is 1. The van der Waals surface area contributed by atoms with Crippen molar-refractivity contribution >= 4 is 17.7 Å². The molecule has 1 N–H and O–H groups in total. The quantitative estimate of drug-likeness (QED) is 0.765. The Labute approximate surface area is 87.3 Å². The van der Waals surface area contributed by atoms with Crippen LogP contribution in [0.4, 0.5) is 0 Å². The van der Waals surface area contributed by atoms with Gasteiger partial charge in [-0.05, 0) is 0 Å². The van der Waals surface area contributed by atoms with Gasteiger partial charge in [0.2, 0.25) is 0 Å². The van der Waals surface area contributed by atoms with Crippen molar-refractivity contribution in [2.45, 2.75) is 30.7 Å². The van der Waals surface area contributed by atoms with Gasteiger partial charge in [0.25, 0.3) is 0 Å². The summed E-state index contributed by atoms with van der Waals surface area (Å²) in [6.07, 6.45) is 1.39. The molecule has 0 spiro atoms. The summed E-state index contributed by atoms with van der Waals surface area (Å²) in [4.78, 5) is 14.8. The van der Waals surface area contributed by atoms with Crippen LogP contribution >= 0.6 is 11.8 Å². The fourth-order valence-corrected chi connectivity index (χ4v) is 1.85. The zero-order chi connectivity index (χ0) is 10.9. The lowest BCUT2D eigenvalue weighted by molar-refractivity contribution is 0.0685. The van der Waals surface area contributed by atoms with Gasteiger partial charge in [-0.1, -0.05) is 32.5 Å². The summed E-state index contributed by atoms with van der Waals surface area (Å²) in [5.74, 6) is -0.944. The Kier molecular flexibility index (Phi) is 2.89. The largest absolute Gasteiger partial charge is 0.477 e. The molecule has 1 heterocycles. The van der Waals surface area contributed by atoms with Crippen LogP contribution in [0, 0.1) is 0 Å². The Bertz CT molecular complexity index is 352. The van der Waals surface area contributed by atoms with Crippen molar-refractivity contribution in [3.8, 4) is 0 Å². The molecule has 1 aromatic rings. The fraction of sp³-hybridized carbons (Fsp3) is 0.556. The maximum atomic E-state index is 10.7. The molecule has 0 bridgehead atoms. The van der Waals surface area contributed by atoms with Crippen molar-refractivity contribution < 1.29 is 9.90 Å². The zero-order valence-corrected chi connectivity index (χ0v) is 9.55. The van der Waals surface area contributed by atoms with Crippen LogP contribution in [-0.2, 0) is 7.05 Å². The van der Waals surface area contributed by atoms with E-state index in [0.29, 0.717) is 0 Å². The van der Waals surface area contributed by atoms with E-state index in [9.17, 15) is 4.79 Å². The Hall–Kier alpha value is -0.970. The van der Waals surface area contributed by atoms with E-state index < -0.39 is 5.97 Å². The predicted molar refractivity (Wildman–Crippen MR) is 55.8 cm³/mol. The first-order valence-corrected chi connectivity index (χ1v) is 5.07. The topological polar surface area (TPSA) is 55.1 Å². The summed E-state index contributed by atoms with van der Waals surface area (Å²) < 4.78 is 1.63. The molecule has 0 atom stereocenters. The summed E-state index contributed by atoms with van der Waals surface area (Å²) >= 11 is 1.55. The second kappa shape index (κ2) is 3.65. The molecule has 0 aliphatic rings. The summed E-state index contributed by atoms with van der Waals surface area (Å²) in [7, 11) is 1.71. The zero-order valence-electron chi connectivity index (χ0n) is 8.74. The molecule has 4 nitrogen and oxygen atoms in total. The SMILES string of the molecule is Cn1c(C(=O)O)cnc1SC(C)(C)C. The number of aromatic nitrogens is 2. The number of carboxylic acids is 1. The highest BCUT2D eigenvalue weighted by Crippen LogP contribution is 2.30. The van der Waals surface area contributed by atoms with E-state index in [4.69, 9.17) is 5.11 Å². The van der Waals surface area contributed by atoms with E-state index >= 15 is 0 Å². The molecule has 0 unspecified atom stereocenters. The van der Waals surface area contributed by atoms with E-state index in [2.05, 4.69) is 25.8 Å². The first-order valence-electron chi connectivity index (χ1n) is 4.25. The van der Waals surface area contributed by atoms with E-state index in [1.807, 2.05) is 0 Å². The van der Waals surface area contributed by atoms with E-state index in [-0.39, 0.29) is 10.4 Å². The highest BCUT2D eigenvalue weighted by Gasteiger charge is 2.18. The molecule has 0 amide bonds. The molecule has 0 saturated carbocycles. The van der Waals surface area contributed by atoms with Crippen LogP contribution in [0.2, 0.25) is 0 Å².